The van der Waals surface area contributed by atoms with Gasteiger partial charge in [0.15, 0.2) is 11.5 Å². The van der Waals surface area contributed by atoms with Crippen molar-refractivity contribution in [1.82, 2.24) is 5.32 Å². The van der Waals surface area contributed by atoms with Crippen LogP contribution in [0.1, 0.15) is 16.7 Å². The van der Waals surface area contributed by atoms with Crippen LogP contribution in [0.5, 0.6) is 17.2 Å². The summed E-state index contributed by atoms with van der Waals surface area (Å²) in [5.41, 5.74) is 2.29. The summed E-state index contributed by atoms with van der Waals surface area (Å²) in [6.45, 7) is 0.543. The number of nitrogens with one attached hydrogen (secondary N) is 1. The van der Waals surface area contributed by atoms with Crippen molar-refractivity contribution in [2.24, 2.45) is 0 Å². The van der Waals surface area contributed by atoms with Crippen LogP contribution in [-0.2, 0) is 22.8 Å². The van der Waals surface area contributed by atoms with E-state index in [4.69, 9.17) is 37.4 Å². The van der Waals surface area contributed by atoms with Gasteiger partial charge in [0.1, 0.15) is 24.5 Å². The molecule has 1 N–H and O–H groups in total. The Kier molecular flexibility index (Phi) is 8.92. The van der Waals surface area contributed by atoms with Crippen LogP contribution in [0.2, 0.25) is 10.0 Å². The van der Waals surface area contributed by atoms with Crippen LogP contribution in [0.3, 0.4) is 0 Å². The molecular formula is C36H26Cl2N2O6. The summed E-state index contributed by atoms with van der Waals surface area (Å²) in [6.07, 6.45) is 1.35. The first-order chi connectivity index (χ1) is 22.3. The molecular weight excluding hydrogens is 627 g/mol. The van der Waals surface area contributed by atoms with Crippen LogP contribution in [0.4, 0.5) is 10.5 Å². The minimum atomic E-state index is -0.866. The molecule has 5 aromatic carbocycles. The molecule has 0 radical (unpaired) electrons. The monoisotopic (exact) mass is 652 g/mol. The van der Waals surface area contributed by atoms with Crippen molar-refractivity contribution in [2.45, 2.75) is 13.2 Å². The van der Waals surface area contributed by atoms with E-state index >= 15 is 0 Å². The second kappa shape index (κ2) is 13.4. The Balaban J connectivity index is 1.20. The Morgan fingerprint density at radius 2 is 1.54 bits per heavy atom. The van der Waals surface area contributed by atoms with Gasteiger partial charge < -0.3 is 14.2 Å². The molecule has 1 aliphatic heterocycles. The third kappa shape index (κ3) is 6.54. The lowest BCUT2D eigenvalue weighted by Crippen LogP contribution is -2.54. The van der Waals surface area contributed by atoms with Gasteiger partial charge >= 0.3 is 6.03 Å². The summed E-state index contributed by atoms with van der Waals surface area (Å²) in [4.78, 5) is 39.9. The van der Waals surface area contributed by atoms with E-state index < -0.39 is 17.8 Å². The van der Waals surface area contributed by atoms with Crippen LogP contribution in [0.25, 0.3) is 16.8 Å². The molecule has 0 aromatic heterocycles. The third-order valence-electron chi connectivity index (χ3n) is 7.33. The maximum absolute atomic E-state index is 13.5. The summed E-state index contributed by atoms with van der Waals surface area (Å²) in [5.74, 6) is -0.477. The molecule has 4 amide bonds. The first-order valence-electron chi connectivity index (χ1n) is 14.2. The van der Waals surface area contributed by atoms with Gasteiger partial charge in [0.2, 0.25) is 0 Å². The number of carbonyl (C=O) groups excluding carboxylic acids is 3. The number of hydrogen-bond donors (Lipinski definition) is 1. The number of fused-ring (bicyclic) bond motifs is 1. The zero-order valence-corrected chi connectivity index (χ0v) is 26.0. The number of imide groups is 2. The zero-order valence-electron chi connectivity index (χ0n) is 24.5. The van der Waals surface area contributed by atoms with Gasteiger partial charge in [0, 0.05) is 5.02 Å². The van der Waals surface area contributed by atoms with Gasteiger partial charge in [-0.3, -0.25) is 14.9 Å². The van der Waals surface area contributed by atoms with Crippen LogP contribution in [0, 0.1) is 0 Å². The summed E-state index contributed by atoms with van der Waals surface area (Å²) in [5, 5.41) is 5.23. The molecule has 5 aromatic rings. The van der Waals surface area contributed by atoms with E-state index in [1.165, 1.54) is 13.2 Å². The van der Waals surface area contributed by atoms with Gasteiger partial charge in [0.05, 0.1) is 17.8 Å². The summed E-state index contributed by atoms with van der Waals surface area (Å²) >= 11 is 12.6. The molecule has 10 heteroatoms. The van der Waals surface area contributed by atoms with Crippen molar-refractivity contribution in [3.63, 3.8) is 0 Å². The molecule has 0 saturated carbocycles. The number of anilines is 1. The minimum Gasteiger partial charge on any atom is -0.493 e. The number of halogens is 2. The number of carbonyl (C=O) groups is 3. The second-order valence-electron chi connectivity index (χ2n) is 10.3. The zero-order chi connectivity index (χ0) is 32.2. The topological polar surface area (TPSA) is 94.2 Å². The number of hydrogen-bond acceptors (Lipinski definition) is 6. The quantitative estimate of drug-likeness (QED) is 0.128. The van der Waals surface area contributed by atoms with E-state index in [-0.39, 0.29) is 22.9 Å². The number of nitrogens with zero attached hydrogens (tertiary/aromatic N) is 1. The van der Waals surface area contributed by atoms with E-state index in [1.54, 1.807) is 48.5 Å². The Bertz CT molecular complexity index is 1990. The van der Waals surface area contributed by atoms with E-state index in [1.807, 2.05) is 54.6 Å². The molecule has 0 atom stereocenters. The number of ether oxygens (including phenoxy) is 3. The maximum Gasteiger partial charge on any atom is 0.335 e. The molecule has 230 valence electrons. The first-order valence-corrected chi connectivity index (χ1v) is 14.9. The van der Waals surface area contributed by atoms with E-state index in [0.29, 0.717) is 34.4 Å². The molecule has 46 heavy (non-hydrogen) atoms. The summed E-state index contributed by atoms with van der Waals surface area (Å²) in [7, 11) is 1.47. The fraction of sp³-hybridized carbons (Fsp3) is 0.0833. The third-order valence-corrected chi connectivity index (χ3v) is 7.86. The predicted molar refractivity (Wildman–Crippen MR) is 178 cm³/mol. The number of benzene rings is 5. The highest BCUT2D eigenvalue weighted by Crippen LogP contribution is 2.38. The molecule has 0 spiro atoms. The number of barbiturate groups is 1. The van der Waals surface area contributed by atoms with Crippen molar-refractivity contribution >= 4 is 63.6 Å². The van der Waals surface area contributed by atoms with E-state index in [0.717, 1.165) is 26.8 Å². The van der Waals surface area contributed by atoms with Gasteiger partial charge in [-0.2, -0.15) is 0 Å². The van der Waals surface area contributed by atoms with E-state index in [2.05, 4.69) is 5.32 Å². The van der Waals surface area contributed by atoms with Gasteiger partial charge in [-0.25, -0.2) is 9.69 Å². The van der Waals surface area contributed by atoms with Crippen molar-refractivity contribution in [2.75, 3.05) is 12.0 Å². The molecule has 1 fully saturated rings. The maximum atomic E-state index is 13.5. The fourth-order valence-corrected chi connectivity index (χ4v) is 5.43. The molecule has 6 rings (SSSR count). The lowest BCUT2D eigenvalue weighted by molar-refractivity contribution is -0.122. The largest absolute Gasteiger partial charge is 0.493 e. The summed E-state index contributed by atoms with van der Waals surface area (Å²) < 4.78 is 17.4. The molecule has 0 aliphatic carbocycles. The molecule has 0 bridgehead atoms. The number of rotatable bonds is 9. The Hall–Kier alpha value is -5.31. The van der Waals surface area contributed by atoms with Gasteiger partial charge in [-0.05, 0) is 82.1 Å². The summed E-state index contributed by atoms with van der Waals surface area (Å²) in [6, 6.07) is 29.9. The standard InChI is InChI=1S/C36H26Cl2N2O6/c1-44-32-19-23(18-31(38)33(32)46-21-25-7-4-6-24-5-2-3-8-29(24)25)17-30-34(41)39-36(43)40(35(30)42)27-13-15-28(16-14-27)45-20-22-9-11-26(37)12-10-22/h2-19H,20-21H2,1H3,(H,39,41,43)/b30-17+. The second-order valence-corrected chi connectivity index (χ2v) is 11.2. The molecule has 1 aliphatic rings. The Morgan fingerprint density at radius 1 is 0.804 bits per heavy atom. The lowest BCUT2D eigenvalue weighted by Gasteiger charge is -2.26. The predicted octanol–water partition coefficient (Wildman–Crippen LogP) is 7.98. The molecule has 8 nitrogen and oxygen atoms in total. The van der Waals surface area contributed by atoms with Crippen molar-refractivity contribution < 1.29 is 28.6 Å². The number of methoxy groups -OCH3 is 1. The highest BCUT2D eigenvalue weighted by molar-refractivity contribution is 6.39. The SMILES string of the molecule is COc1cc(/C=C2\C(=O)NC(=O)N(c3ccc(OCc4ccc(Cl)cc4)cc3)C2=O)cc(Cl)c1OCc1cccc2ccccc12. The Morgan fingerprint density at radius 3 is 2.30 bits per heavy atom. The average molecular weight is 654 g/mol. The average Bonchev–Trinajstić information content (AvgIpc) is 3.06. The minimum absolute atomic E-state index is 0.220. The van der Waals surface area contributed by atoms with Crippen LogP contribution >= 0.6 is 23.2 Å². The highest BCUT2D eigenvalue weighted by Gasteiger charge is 2.37. The van der Waals surface area contributed by atoms with Crippen LogP contribution in [0.15, 0.2) is 109 Å². The molecule has 1 saturated heterocycles. The molecule has 0 unspecified atom stereocenters. The highest BCUT2D eigenvalue weighted by atomic mass is 35.5. The lowest BCUT2D eigenvalue weighted by atomic mass is 10.1. The smallest absolute Gasteiger partial charge is 0.335 e. The van der Waals surface area contributed by atoms with Crippen LogP contribution < -0.4 is 24.4 Å². The molecule has 1 heterocycles. The van der Waals surface area contributed by atoms with Crippen molar-refractivity contribution in [3.8, 4) is 17.2 Å². The first kappa shape index (κ1) is 30.7. The fourth-order valence-electron chi connectivity index (χ4n) is 5.03. The van der Waals surface area contributed by atoms with Crippen molar-refractivity contribution in [1.29, 1.82) is 0 Å². The van der Waals surface area contributed by atoms with Crippen molar-refractivity contribution in [3.05, 3.63) is 135 Å². The number of amides is 4. The van der Waals surface area contributed by atoms with Crippen LogP contribution in [-0.4, -0.2) is 25.0 Å². The normalized spacial score (nSPS) is 14.0. The Labute approximate surface area is 274 Å². The van der Waals surface area contributed by atoms with Gasteiger partial charge in [-0.15, -0.1) is 0 Å². The van der Waals surface area contributed by atoms with Gasteiger partial charge in [-0.1, -0.05) is 77.8 Å². The van der Waals surface area contributed by atoms with E-state index in [9.17, 15) is 14.4 Å². The van der Waals surface area contributed by atoms with Gasteiger partial charge in [0.25, 0.3) is 11.8 Å². The number of urea groups is 1.